The molecule has 0 aliphatic carbocycles. The van der Waals surface area contributed by atoms with Gasteiger partial charge < -0.3 is 4.74 Å². The lowest BCUT2D eigenvalue weighted by Gasteiger charge is -2.27. The molecule has 0 bridgehead atoms. The molecule has 11 heteroatoms. The van der Waals surface area contributed by atoms with Gasteiger partial charge in [0.25, 0.3) is 5.91 Å². The fourth-order valence-corrected chi connectivity index (χ4v) is 4.89. The number of fused-ring (bicyclic) bond motifs is 2. The summed E-state index contributed by atoms with van der Waals surface area (Å²) in [6, 6.07) is 12.4. The van der Waals surface area contributed by atoms with Crippen LogP contribution in [-0.4, -0.2) is 70.2 Å². The van der Waals surface area contributed by atoms with Gasteiger partial charge in [-0.25, -0.2) is 14.1 Å². The van der Waals surface area contributed by atoms with Gasteiger partial charge in [0.15, 0.2) is 5.13 Å². The Balaban J connectivity index is 0.00000259. The molecule has 0 spiro atoms. The molecule has 2 aromatic carbocycles. The highest BCUT2D eigenvalue weighted by atomic mass is 35.5. The third kappa shape index (κ3) is 5.14. The Morgan fingerprint density at radius 2 is 1.97 bits per heavy atom. The summed E-state index contributed by atoms with van der Waals surface area (Å²) in [4.78, 5) is 21.8. The Bertz CT molecular complexity index is 1240. The average Bonchev–Trinajstić information content (AvgIpc) is 3.43. The Morgan fingerprint density at radius 1 is 1.15 bits per heavy atom. The third-order valence-corrected chi connectivity index (χ3v) is 6.60. The molecule has 2 aromatic heterocycles. The summed E-state index contributed by atoms with van der Waals surface area (Å²) < 4.78 is 22.0. The van der Waals surface area contributed by atoms with Crippen molar-refractivity contribution in [3.8, 4) is 0 Å². The molecule has 1 fully saturated rings. The van der Waals surface area contributed by atoms with Crippen molar-refractivity contribution in [2.45, 2.75) is 13.0 Å². The number of benzene rings is 2. The van der Waals surface area contributed by atoms with E-state index in [1.54, 1.807) is 15.6 Å². The molecule has 0 saturated carbocycles. The number of thiazole rings is 1. The summed E-state index contributed by atoms with van der Waals surface area (Å²) in [6.45, 7) is 4.65. The molecule has 4 aromatic rings. The second-order valence-electron chi connectivity index (χ2n) is 7.67. The van der Waals surface area contributed by atoms with Gasteiger partial charge >= 0.3 is 0 Å². The normalized spacial score (nSPS) is 14.5. The standard InChI is InChI=1S/C22H23FN6O2S.ClH/c23-16-5-3-8-19-21(16)24-22(32-19)28(10-4-9-27-11-13-31-14-12-27)20(30)15-29-18-7-2-1-6-17(18)25-26-29;/h1-3,5-8H,4,9-15H2;1H. The number of hydrogen-bond acceptors (Lipinski definition) is 7. The molecular formula is C22H24ClFN6O2S. The van der Waals surface area contributed by atoms with Gasteiger partial charge in [0.1, 0.15) is 23.4 Å². The van der Waals surface area contributed by atoms with Gasteiger partial charge in [-0.05, 0) is 30.7 Å². The lowest BCUT2D eigenvalue weighted by atomic mass is 10.3. The van der Waals surface area contributed by atoms with E-state index in [1.165, 1.54) is 17.4 Å². The molecular weight excluding hydrogens is 467 g/mol. The van der Waals surface area contributed by atoms with Crippen molar-refractivity contribution >= 4 is 56.0 Å². The van der Waals surface area contributed by atoms with E-state index in [0.717, 1.165) is 55.0 Å². The molecule has 8 nitrogen and oxygen atoms in total. The first-order valence-corrected chi connectivity index (χ1v) is 11.4. The van der Waals surface area contributed by atoms with Crippen LogP contribution in [0.25, 0.3) is 21.3 Å². The first-order chi connectivity index (χ1) is 15.7. The van der Waals surface area contributed by atoms with Crippen LogP contribution in [0.3, 0.4) is 0 Å². The van der Waals surface area contributed by atoms with Gasteiger partial charge in [0.2, 0.25) is 0 Å². The number of carbonyl (C=O) groups is 1. The number of aromatic nitrogens is 4. The van der Waals surface area contributed by atoms with Crippen LogP contribution < -0.4 is 4.90 Å². The van der Waals surface area contributed by atoms with Gasteiger partial charge in [-0.1, -0.05) is 34.7 Å². The lowest BCUT2D eigenvalue weighted by molar-refractivity contribution is -0.119. The second kappa shape index (κ2) is 10.5. The number of morpholine rings is 1. The SMILES string of the molecule is Cl.O=C(Cn1nnc2ccccc21)N(CCCN1CCOCC1)c1nc2c(F)cccc2s1. The average molecular weight is 491 g/mol. The monoisotopic (exact) mass is 490 g/mol. The minimum atomic E-state index is -0.381. The van der Waals surface area contributed by atoms with E-state index in [4.69, 9.17) is 4.74 Å². The highest BCUT2D eigenvalue weighted by Crippen LogP contribution is 2.30. The zero-order valence-electron chi connectivity index (χ0n) is 17.9. The van der Waals surface area contributed by atoms with Crippen molar-refractivity contribution in [2.75, 3.05) is 44.3 Å². The molecule has 1 saturated heterocycles. The van der Waals surface area contributed by atoms with Crippen LogP contribution in [0.5, 0.6) is 0 Å². The van der Waals surface area contributed by atoms with E-state index in [1.807, 2.05) is 30.3 Å². The highest BCUT2D eigenvalue weighted by molar-refractivity contribution is 7.22. The number of para-hydroxylation sites is 2. The van der Waals surface area contributed by atoms with Crippen LogP contribution in [0, 0.1) is 5.82 Å². The smallest absolute Gasteiger partial charge is 0.250 e. The zero-order valence-corrected chi connectivity index (χ0v) is 19.5. The number of rotatable bonds is 7. The minimum absolute atomic E-state index is 0. The first-order valence-electron chi connectivity index (χ1n) is 10.6. The number of halogens is 2. The Kier molecular flexibility index (Phi) is 7.49. The van der Waals surface area contributed by atoms with Crippen LogP contribution in [0.2, 0.25) is 0 Å². The molecule has 0 N–H and O–H groups in total. The molecule has 174 valence electrons. The van der Waals surface area contributed by atoms with Crippen molar-refractivity contribution in [1.82, 2.24) is 24.9 Å². The zero-order chi connectivity index (χ0) is 21.9. The third-order valence-electron chi connectivity index (χ3n) is 5.56. The van der Waals surface area contributed by atoms with Gasteiger partial charge in [-0.2, -0.15) is 0 Å². The minimum Gasteiger partial charge on any atom is -0.379 e. The molecule has 0 atom stereocenters. The van der Waals surface area contributed by atoms with E-state index in [2.05, 4.69) is 20.2 Å². The van der Waals surface area contributed by atoms with E-state index in [0.29, 0.717) is 17.2 Å². The summed E-state index contributed by atoms with van der Waals surface area (Å²) in [7, 11) is 0. The fourth-order valence-electron chi connectivity index (χ4n) is 3.87. The Hall–Kier alpha value is -2.66. The van der Waals surface area contributed by atoms with Crippen LogP contribution in [0.15, 0.2) is 42.5 Å². The molecule has 1 aliphatic heterocycles. The number of carbonyl (C=O) groups excluding carboxylic acids is 1. The molecule has 33 heavy (non-hydrogen) atoms. The lowest BCUT2D eigenvalue weighted by Crippen LogP contribution is -2.40. The molecule has 1 amide bonds. The molecule has 0 unspecified atom stereocenters. The predicted molar refractivity (Wildman–Crippen MR) is 129 cm³/mol. The van der Waals surface area contributed by atoms with Crippen molar-refractivity contribution in [3.63, 3.8) is 0 Å². The summed E-state index contributed by atoms with van der Waals surface area (Å²) in [5.41, 5.74) is 1.83. The van der Waals surface area contributed by atoms with Crippen molar-refractivity contribution in [3.05, 3.63) is 48.3 Å². The molecule has 3 heterocycles. The number of nitrogens with zero attached hydrogens (tertiary/aromatic N) is 6. The van der Waals surface area contributed by atoms with Crippen LogP contribution in [0.1, 0.15) is 6.42 Å². The van der Waals surface area contributed by atoms with Gasteiger partial charge in [-0.3, -0.25) is 14.6 Å². The topological polar surface area (TPSA) is 76.4 Å². The summed E-state index contributed by atoms with van der Waals surface area (Å²) in [5, 5.41) is 8.78. The van der Waals surface area contributed by atoms with Gasteiger partial charge in [0.05, 0.1) is 23.4 Å². The number of ether oxygens (including phenoxy) is 1. The molecule has 5 rings (SSSR count). The maximum absolute atomic E-state index is 14.2. The number of hydrogen-bond donors (Lipinski definition) is 0. The van der Waals surface area contributed by atoms with Crippen LogP contribution >= 0.6 is 23.7 Å². The van der Waals surface area contributed by atoms with Crippen molar-refractivity contribution in [2.24, 2.45) is 0 Å². The number of amides is 1. The summed E-state index contributed by atoms with van der Waals surface area (Å²) >= 11 is 1.33. The fraction of sp³-hybridized carbons (Fsp3) is 0.364. The predicted octanol–water partition coefficient (Wildman–Crippen LogP) is 3.36. The Labute approximate surface area is 200 Å². The number of anilines is 1. The maximum Gasteiger partial charge on any atom is 0.250 e. The molecule has 1 aliphatic rings. The van der Waals surface area contributed by atoms with Crippen LogP contribution in [-0.2, 0) is 16.1 Å². The molecule has 0 radical (unpaired) electrons. The van der Waals surface area contributed by atoms with E-state index in [-0.39, 0.29) is 30.7 Å². The Morgan fingerprint density at radius 3 is 2.79 bits per heavy atom. The van der Waals surface area contributed by atoms with E-state index >= 15 is 0 Å². The summed E-state index contributed by atoms with van der Waals surface area (Å²) in [5.74, 6) is -0.532. The first kappa shape index (κ1) is 23.5. The second-order valence-corrected chi connectivity index (χ2v) is 8.68. The maximum atomic E-state index is 14.2. The summed E-state index contributed by atoms with van der Waals surface area (Å²) in [6.07, 6.45) is 0.780. The van der Waals surface area contributed by atoms with Gasteiger partial charge in [-0.15, -0.1) is 17.5 Å². The van der Waals surface area contributed by atoms with Gasteiger partial charge in [0, 0.05) is 26.2 Å². The van der Waals surface area contributed by atoms with Crippen molar-refractivity contribution in [1.29, 1.82) is 0 Å². The van der Waals surface area contributed by atoms with Crippen molar-refractivity contribution < 1.29 is 13.9 Å². The quantitative estimate of drug-likeness (QED) is 0.395. The van der Waals surface area contributed by atoms with E-state index in [9.17, 15) is 9.18 Å². The largest absolute Gasteiger partial charge is 0.379 e. The van der Waals surface area contributed by atoms with Crippen LogP contribution in [0.4, 0.5) is 9.52 Å². The van der Waals surface area contributed by atoms with E-state index < -0.39 is 0 Å². The highest BCUT2D eigenvalue weighted by Gasteiger charge is 2.22.